The quantitative estimate of drug-likeness (QED) is 0.662. The zero-order chi connectivity index (χ0) is 13.4. The van der Waals surface area contributed by atoms with E-state index in [1.807, 2.05) is 0 Å². The Morgan fingerprint density at radius 2 is 2.06 bits per heavy atom. The van der Waals surface area contributed by atoms with Crippen molar-refractivity contribution in [2.75, 3.05) is 0 Å². The monoisotopic (exact) mass is 331 g/mol. The van der Waals surface area contributed by atoms with Crippen molar-refractivity contribution in [3.63, 3.8) is 0 Å². The summed E-state index contributed by atoms with van der Waals surface area (Å²) in [5.41, 5.74) is -1.05. The van der Waals surface area contributed by atoms with Crippen molar-refractivity contribution in [3.05, 3.63) is 26.3 Å². The summed E-state index contributed by atoms with van der Waals surface area (Å²) < 4.78 is 46.5. The first-order valence-corrected chi connectivity index (χ1v) is 6.14. The first-order chi connectivity index (χ1) is 7.64. The maximum absolute atomic E-state index is 12.5. The Balaban J connectivity index is 3.67. The Kier molecular flexibility index (Phi) is 3.74. The van der Waals surface area contributed by atoms with Gasteiger partial charge in [-0.05, 0) is 25.8 Å². The number of aromatic nitrogens is 1. The Morgan fingerprint density at radius 3 is 2.41 bits per heavy atom. The molecule has 0 atom stereocenters. The number of nitrogens with two attached hydrogens (primary N) is 1. The molecule has 0 saturated heterocycles. The summed E-state index contributed by atoms with van der Waals surface area (Å²) in [4.78, 5) is 11.5. The fraction of sp³-hybridized carbons (Fsp3) is 0.167. The molecule has 0 aliphatic carbocycles. The molecule has 1 rings (SSSR count). The third-order valence-corrected chi connectivity index (χ3v) is 3.67. The summed E-state index contributed by atoms with van der Waals surface area (Å²) in [5, 5.41) is 15.2. The number of hydrogen-bond acceptors (Lipinski definition) is 5. The standard InChI is InChI=1S/C6H4BrF2N3O4S/c7-4-2(17(10,15)16)1-3(12(13)14)11-5(4)6(8)9/h1,6H,(H2,10,15,16). The van der Waals surface area contributed by atoms with E-state index in [0.717, 1.165) is 0 Å². The summed E-state index contributed by atoms with van der Waals surface area (Å²) in [6, 6.07) is 0.505. The highest BCUT2D eigenvalue weighted by atomic mass is 79.9. The molecule has 0 spiro atoms. The molecule has 94 valence electrons. The first-order valence-electron chi connectivity index (χ1n) is 3.80. The number of nitrogens with zero attached hydrogens (tertiary/aromatic N) is 2. The van der Waals surface area contributed by atoms with E-state index in [1.54, 1.807) is 0 Å². The lowest BCUT2D eigenvalue weighted by Gasteiger charge is -2.04. The van der Waals surface area contributed by atoms with Gasteiger partial charge in [-0.1, -0.05) is 0 Å². The van der Waals surface area contributed by atoms with Gasteiger partial charge in [-0.25, -0.2) is 22.3 Å². The lowest BCUT2D eigenvalue weighted by atomic mass is 10.3. The first kappa shape index (κ1) is 13.9. The molecule has 0 aromatic carbocycles. The number of nitro groups is 1. The number of hydrogen-bond donors (Lipinski definition) is 1. The summed E-state index contributed by atoms with van der Waals surface area (Å²) >= 11 is 2.58. The molecule has 0 aliphatic rings. The minimum Gasteiger partial charge on any atom is -0.358 e. The zero-order valence-electron chi connectivity index (χ0n) is 7.80. The Morgan fingerprint density at radius 1 is 1.53 bits per heavy atom. The summed E-state index contributed by atoms with van der Waals surface area (Å²) in [7, 11) is -4.37. The van der Waals surface area contributed by atoms with Crippen molar-refractivity contribution in [2.45, 2.75) is 11.3 Å². The third kappa shape index (κ3) is 2.92. The van der Waals surface area contributed by atoms with Gasteiger partial charge in [-0.15, -0.1) is 0 Å². The van der Waals surface area contributed by atoms with E-state index in [9.17, 15) is 27.3 Å². The fourth-order valence-electron chi connectivity index (χ4n) is 0.957. The molecule has 0 bridgehead atoms. The van der Waals surface area contributed by atoms with Crippen LogP contribution in [0.5, 0.6) is 0 Å². The van der Waals surface area contributed by atoms with Gasteiger partial charge in [0.05, 0.1) is 10.5 Å². The van der Waals surface area contributed by atoms with E-state index in [1.165, 1.54) is 0 Å². The average molecular weight is 332 g/mol. The molecule has 0 radical (unpaired) electrons. The smallest absolute Gasteiger partial charge is 0.358 e. The number of pyridine rings is 1. The lowest BCUT2D eigenvalue weighted by molar-refractivity contribution is -0.390. The highest BCUT2D eigenvalue weighted by Crippen LogP contribution is 2.33. The topological polar surface area (TPSA) is 116 Å². The van der Waals surface area contributed by atoms with Crippen molar-refractivity contribution in [2.24, 2.45) is 5.14 Å². The number of alkyl halides is 2. The van der Waals surface area contributed by atoms with Gasteiger partial charge in [-0.3, -0.25) is 0 Å². The molecule has 17 heavy (non-hydrogen) atoms. The Labute approximate surface area is 102 Å². The van der Waals surface area contributed by atoms with Crippen LogP contribution in [0.15, 0.2) is 15.4 Å². The second-order valence-electron chi connectivity index (χ2n) is 2.78. The van der Waals surface area contributed by atoms with Crippen molar-refractivity contribution in [1.29, 1.82) is 0 Å². The van der Waals surface area contributed by atoms with Crippen LogP contribution in [0.1, 0.15) is 12.1 Å². The van der Waals surface area contributed by atoms with Crippen molar-refractivity contribution >= 4 is 31.8 Å². The van der Waals surface area contributed by atoms with E-state index in [4.69, 9.17) is 5.14 Å². The van der Waals surface area contributed by atoms with Crippen LogP contribution >= 0.6 is 15.9 Å². The minimum absolute atomic E-state index is 0.505. The molecule has 1 aromatic rings. The van der Waals surface area contributed by atoms with Crippen molar-refractivity contribution in [3.8, 4) is 0 Å². The van der Waals surface area contributed by atoms with Crippen molar-refractivity contribution < 1.29 is 22.1 Å². The van der Waals surface area contributed by atoms with Crippen LogP contribution in [0.2, 0.25) is 0 Å². The zero-order valence-corrected chi connectivity index (χ0v) is 10.2. The van der Waals surface area contributed by atoms with Crippen LogP contribution in [0.3, 0.4) is 0 Å². The minimum atomic E-state index is -4.37. The summed E-state index contributed by atoms with van der Waals surface area (Å²) in [5.74, 6) is -1.02. The van der Waals surface area contributed by atoms with Gasteiger partial charge in [0.1, 0.15) is 4.90 Å². The predicted molar refractivity (Wildman–Crippen MR) is 54.9 cm³/mol. The number of rotatable bonds is 3. The van der Waals surface area contributed by atoms with Gasteiger partial charge in [0.2, 0.25) is 15.7 Å². The van der Waals surface area contributed by atoms with Gasteiger partial charge < -0.3 is 10.1 Å². The van der Waals surface area contributed by atoms with E-state index in [2.05, 4.69) is 20.9 Å². The van der Waals surface area contributed by atoms with Gasteiger partial charge in [0.15, 0.2) is 0 Å². The van der Waals surface area contributed by atoms with Crippen LogP contribution < -0.4 is 5.14 Å². The van der Waals surface area contributed by atoms with Gasteiger partial charge in [0.25, 0.3) is 0 Å². The van der Waals surface area contributed by atoms with Crippen LogP contribution in [0.25, 0.3) is 0 Å². The SMILES string of the molecule is NS(=O)(=O)c1cc([N+](=O)[O-])nc(C(F)F)c1Br. The Hall–Kier alpha value is -1.20. The van der Waals surface area contributed by atoms with Crippen LogP contribution in [-0.2, 0) is 10.0 Å². The molecule has 0 unspecified atom stereocenters. The van der Waals surface area contributed by atoms with Crippen LogP contribution in [0, 0.1) is 10.1 Å². The second kappa shape index (κ2) is 4.58. The molecule has 0 saturated carbocycles. The van der Waals surface area contributed by atoms with E-state index in [-0.39, 0.29) is 0 Å². The molecular weight excluding hydrogens is 328 g/mol. The van der Waals surface area contributed by atoms with Crippen LogP contribution in [0.4, 0.5) is 14.6 Å². The highest BCUT2D eigenvalue weighted by molar-refractivity contribution is 9.10. The molecule has 0 amide bonds. The molecular formula is C6H4BrF2N3O4S. The van der Waals surface area contributed by atoms with Gasteiger partial charge >= 0.3 is 12.2 Å². The summed E-state index contributed by atoms with van der Waals surface area (Å²) in [6.07, 6.45) is -3.18. The molecule has 1 heterocycles. The molecule has 0 aliphatic heterocycles. The average Bonchev–Trinajstić information content (AvgIpc) is 2.15. The fourth-order valence-corrected chi connectivity index (χ4v) is 2.63. The third-order valence-electron chi connectivity index (χ3n) is 1.64. The largest absolute Gasteiger partial charge is 0.365 e. The molecule has 2 N–H and O–H groups in total. The van der Waals surface area contributed by atoms with E-state index >= 15 is 0 Å². The maximum atomic E-state index is 12.5. The second-order valence-corrected chi connectivity index (χ2v) is 5.10. The summed E-state index contributed by atoms with van der Waals surface area (Å²) in [6.45, 7) is 0. The Bertz CT molecular complexity index is 577. The molecule has 0 fully saturated rings. The molecule has 1 aromatic heterocycles. The normalized spacial score (nSPS) is 11.8. The van der Waals surface area contributed by atoms with E-state index in [0.29, 0.717) is 6.07 Å². The number of halogens is 3. The van der Waals surface area contributed by atoms with E-state index < -0.39 is 42.3 Å². The van der Waals surface area contributed by atoms with Gasteiger partial charge in [0, 0.05) is 0 Å². The number of primary sulfonamides is 1. The maximum Gasteiger partial charge on any atom is 0.365 e. The highest BCUT2D eigenvalue weighted by Gasteiger charge is 2.29. The molecule has 11 heteroatoms. The lowest BCUT2D eigenvalue weighted by Crippen LogP contribution is -2.15. The van der Waals surface area contributed by atoms with Crippen LogP contribution in [-0.4, -0.2) is 18.3 Å². The number of sulfonamides is 1. The molecule has 7 nitrogen and oxygen atoms in total. The van der Waals surface area contributed by atoms with Crippen molar-refractivity contribution in [1.82, 2.24) is 4.98 Å². The predicted octanol–water partition coefficient (Wildman–Crippen LogP) is 1.34. The van der Waals surface area contributed by atoms with Gasteiger partial charge in [-0.2, -0.15) is 0 Å².